The summed E-state index contributed by atoms with van der Waals surface area (Å²) in [7, 11) is -3.41. The van der Waals surface area contributed by atoms with Gasteiger partial charge in [-0.3, -0.25) is 4.79 Å². The lowest BCUT2D eigenvalue weighted by molar-refractivity contribution is -0.118. The molecule has 2 heterocycles. The fourth-order valence-electron chi connectivity index (χ4n) is 3.71. The summed E-state index contributed by atoms with van der Waals surface area (Å²) in [6.07, 6.45) is 7.36. The topological polar surface area (TPSA) is 57.7 Å². The highest BCUT2D eigenvalue weighted by atomic mass is 32.2. The van der Waals surface area contributed by atoms with E-state index in [1.54, 1.807) is 16.4 Å². The number of hydrogen-bond acceptors (Lipinski definition) is 3. The minimum atomic E-state index is -3.41. The average molecular weight is 365 g/mol. The van der Waals surface area contributed by atoms with Crippen molar-refractivity contribution in [1.29, 1.82) is 0 Å². The Labute approximate surface area is 151 Å². The Hall–Kier alpha value is -1.40. The molecule has 3 rings (SSSR count). The fraction of sp³-hybridized carbons (Fsp3) is 0.632. The van der Waals surface area contributed by atoms with E-state index in [1.165, 1.54) is 0 Å². The van der Waals surface area contributed by atoms with Crippen LogP contribution in [0, 0.1) is 0 Å². The Balaban J connectivity index is 1.76. The molecule has 1 amide bonds. The van der Waals surface area contributed by atoms with Crippen LogP contribution in [0.15, 0.2) is 23.1 Å². The zero-order valence-electron chi connectivity index (χ0n) is 15.0. The molecule has 1 fully saturated rings. The first-order chi connectivity index (χ1) is 12.0. The molecule has 0 spiro atoms. The molecule has 1 saturated heterocycles. The highest BCUT2D eigenvalue weighted by Gasteiger charge is 2.29. The number of unbranched alkanes of at least 4 members (excludes halogenated alkanes) is 2. The number of piperidine rings is 1. The molecule has 6 heteroatoms. The van der Waals surface area contributed by atoms with E-state index in [-0.39, 0.29) is 5.91 Å². The van der Waals surface area contributed by atoms with E-state index in [2.05, 4.69) is 6.92 Å². The van der Waals surface area contributed by atoms with Gasteiger partial charge in [0.2, 0.25) is 15.9 Å². The second-order valence-corrected chi connectivity index (χ2v) is 8.95. The lowest BCUT2D eigenvalue weighted by atomic mass is 10.1. The van der Waals surface area contributed by atoms with Crippen molar-refractivity contribution in [3.8, 4) is 0 Å². The predicted octanol–water partition coefficient (Wildman–Crippen LogP) is 3.33. The molecule has 5 nitrogen and oxygen atoms in total. The predicted molar refractivity (Wildman–Crippen MR) is 99.3 cm³/mol. The quantitative estimate of drug-likeness (QED) is 0.728. The molecule has 0 unspecified atom stereocenters. The van der Waals surface area contributed by atoms with Crippen molar-refractivity contribution in [1.82, 2.24) is 4.31 Å². The van der Waals surface area contributed by atoms with Gasteiger partial charge in [0.05, 0.1) is 4.90 Å². The number of amides is 1. The number of benzene rings is 1. The smallest absolute Gasteiger partial charge is 0.243 e. The number of fused-ring (bicyclic) bond motifs is 1. The van der Waals surface area contributed by atoms with Gasteiger partial charge in [0.1, 0.15) is 0 Å². The van der Waals surface area contributed by atoms with E-state index in [9.17, 15) is 13.2 Å². The Morgan fingerprint density at radius 1 is 1.08 bits per heavy atom. The van der Waals surface area contributed by atoms with Crippen molar-refractivity contribution in [3.05, 3.63) is 23.8 Å². The first-order valence-electron chi connectivity index (χ1n) is 9.47. The zero-order chi connectivity index (χ0) is 17.9. The van der Waals surface area contributed by atoms with Crippen molar-refractivity contribution >= 4 is 21.6 Å². The maximum absolute atomic E-state index is 12.8. The molecule has 1 aromatic rings. The van der Waals surface area contributed by atoms with Gasteiger partial charge in [0, 0.05) is 31.7 Å². The summed E-state index contributed by atoms with van der Waals surface area (Å²) < 4.78 is 27.2. The van der Waals surface area contributed by atoms with Crippen LogP contribution < -0.4 is 4.90 Å². The second kappa shape index (κ2) is 7.87. The molecule has 0 aliphatic carbocycles. The van der Waals surface area contributed by atoms with Gasteiger partial charge in [-0.2, -0.15) is 4.31 Å². The Morgan fingerprint density at radius 2 is 1.84 bits per heavy atom. The van der Waals surface area contributed by atoms with Gasteiger partial charge in [-0.05, 0) is 49.4 Å². The largest absolute Gasteiger partial charge is 0.312 e. The zero-order valence-corrected chi connectivity index (χ0v) is 15.9. The number of nitrogens with zero attached hydrogens (tertiary/aromatic N) is 2. The molecule has 0 aromatic heterocycles. The van der Waals surface area contributed by atoms with Crippen LogP contribution in [0.1, 0.15) is 57.4 Å². The van der Waals surface area contributed by atoms with E-state index >= 15 is 0 Å². The molecule has 25 heavy (non-hydrogen) atoms. The molecule has 0 saturated carbocycles. The lowest BCUT2D eigenvalue weighted by Gasteiger charge is -2.26. The summed E-state index contributed by atoms with van der Waals surface area (Å²) in [4.78, 5) is 14.6. The van der Waals surface area contributed by atoms with E-state index < -0.39 is 10.0 Å². The third kappa shape index (κ3) is 3.90. The molecule has 0 atom stereocenters. The maximum Gasteiger partial charge on any atom is 0.243 e. The normalized spacial score (nSPS) is 18.4. The molecular weight excluding hydrogens is 336 g/mol. The van der Waals surface area contributed by atoms with Crippen LogP contribution in [-0.2, 0) is 21.2 Å². The minimum absolute atomic E-state index is 0.152. The molecule has 0 bridgehead atoms. The molecule has 2 aliphatic rings. The molecular formula is C19H28N2O3S. The van der Waals surface area contributed by atoms with Gasteiger partial charge in [-0.25, -0.2) is 8.42 Å². The Morgan fingerprint density at radius 3 is 2.56 bits per heavy atom. The number of carbonyl (C=O) groups is 1. The number of carbonyl (C=O) groups excluding carboxylic acids is 1. The SMILES string of the molecule is CCCCCC(=O)N1CCc2cc(S(=O)(=O)N3CCCCC3)ccc21. The summed E-state index contributed by atoms with van der Waals surface area (Å²) in [5, 5.41) is 0. The summed E-state index contributed by atoms with van der Waals surface area (Å²) in [5.74, 6) is 0.152. The standard InChI is InChI=1S/C19H28N2O3S/c1-2-3-5-8-19(22)21-14-11-16-15-17(9-10-18(16)21)25(23,24)20-12-6-4-7-13-20/h9-10,15H,2-8,11-14H2,1H3. The van der Waals surface area contributed by atoms with Gasteiger partial charge in [-0.15, -0.1) is 0 Å². The van der Waals surface area contributed by atoms with Crippen LogP contribution in [0.3, 0.4) is 0 Å². The third-order valence-electron chi connectivity index (χ3n) is 5.19. The van der Waals surface area contributed by atoms with E-state index in [0.29, 0.717) is 31.0 Å². The van der Waals surface area contributed by atoms with Crippen molar-refractivity contribution in [3.63, 3.8) is 0 Å². The van der Waals surface area contributed by atoms with Gasteiger partial charge >= 0.3 is 0 Å². The molecule has 2 aliphatic heterocycles. The third-order valence-corrected chi connectivity index (χ3v) is 7.09. The number of anilines is 1. The first kappa shape index (κ1) is 18.4. The van der Waals surface area contributed by atoms with Crippen LogP contribution in [-0.4, -0.2) is 38.3 Å². The number of sulfonamides is 1. The Bertz CT molecular complexity index is 724. The van der Waals surface area contributed by atoms with Crippen LogP contribution >= 0.6 is 0 Å². The maximum atomic E-state index is 12.8. The van der Waals surface area contributed by atoms with Crippen molar-refractivity contribution in [2.75, 3.05) is 24.5 Å². The molecule has 138 valence electrons. The highest BCUT2D eigenvalue weighted by molar-refractivity contribution is 7.89. The molecule has 0 radical (unpaired) electrons. The van der Waals surface area contributed by atoms with Crippen LogP contribution in [0.2, 0.25) is 0 Å². The average Bonchev–Trinajstić information content (AvgIpc) is 3.06. The van der Waals surface area contributed by atoms with E-state index in [1.807, 2.05) is 11.0 Å². The van der Waals surface area contributed by atoms with E-state index in [0.717, 1.165) is 56.2 Å². The number of rotatable bonds is 6. The van der Waals surface area contributed by atoms with Crippen molar-refractivity contribution in [2.24, 2.45) is 0 Å². The van der Waals surface area contributed by atoms with Gasteiger partial charge < -0.3 is 4.90 Å². The van der Waals surface area contributed by atoms with Crippen molar-refractivity contribution < 1.29 is 13.2 Å². The minimum Gasteiger partial charge on any atom is -0.312 e. The summed E-state index contributed by atoms with van der Waals surface area (Å²) >= 11 is 0. The van der Waals surface area contributed by atoms with Crippen LogP contribution in [0.25, 0.3) is 0 Å². The van der Waals surface area contributed by atoms with Gasteiger partial charge in [0.15, 0.2) is 0 Å². The number of hydrogen-bond donors (Lipinski definition) is 0. The van der Waals surface area contributed by atoms with E-state index in [4.69, 9.17) is 0 Å². The van der Waals surface area contributed by atoms with Gasteiger partial charge in [-0.1, -0.05) is 26.2 Å². The van der Waals surface area contributed by atoms with Crippen LogP contribution in [0.4, 0.5) is 5.69 Å². The Kier molecular flexibility index (Phi) is 5.79. The van der Waals surface area contributed by atoms with Crippen LogP contribution in [0.5, 0.6) is 0 Å². The highest BCUT2D eigenvalue weighted by Crippen LogP contribution is 2.32. The molecule has 0 N–H and O–H groups in total. The lowest BCUT2D eigenvalue weighted by Crippen LogP contribution is -2.35. The summed E-state index contributed by atoms with van der Waals surface area (Å²) in [6.45, 7) is 4.01. The summed E-state index contributed by atoms with van der Waals surface area (Å²) in [6, 6.07) is 5.26. The second-order valence-electron chi connectivity index (χ2n) is 7.01. The molecule has 1 aromatic carbocycles. The van der Waals surface area contributed by atoms with Crippen molar-refractivity contribution in [2.45, 2.75) is 63.2 Å². The fourth-order valence-corrected chi connectivity index (χ4v) is 5.28. The van der Waals surface area contributed by atoms with Gasteiger partial charge in [0.25, 0.3) is 0 Å². The first-order valence-corrected chi connectivity index (χ1v) is 10.9. The summed E-state index contributed by atoms with van der Waals surface area (Å²) in [5.41, 5.74) is 1.86. The monoisotopic (exact) mass is 364 g/mol.